The molecule has 0 spiro atoms. The number of amides is 1. The number of sulfone groups is 1. The van der Waals surface area contributed by atoms with E-state index in [2.05, 4.69) is 10.4 Å². The molecular weight excluding hydrogens is 352 g/mol. The van der Waals surface area contributed by atoms with E-state index in [1.165, 1.54) is 5.01 Å². The van der Waals surface area contributed by atoms with Crippen LogP contribution < -0.4 is 11.1 Å². The van der Waals surface area contributed by atoms with Gasteiger partial charge in [-0.15, -0.1) is 5.10 Å². The Bertz CT molecular complexity index is 899. The van der Waals surface area contributed by atoms with Crippen molar-refractivity contribution in [3.05, 3.63) is 66.2 Å². The molecule has 7 nitrogen and oxygen atoms in total. The molecule has 8 heteroatoms. The van der Waals surface area contributed by atoms with Gasteiger partial charge in [-0.05, 0) is 37.1 Å². The number of hydrogen-bond acceptors (Lipinski definition) is 5. The zero-order chi connectivity index (χ0) is 18.6. The minimum Gasteiger partial charge on any atom is -0.368 e. The lowest BCUT2D eigenvalue weighted by Crippen LogP contribution is -2.41. The molecule has 2 aromatic rings. The summed E-state index contributed by atoms with van der Waals surface area (Å²) in [7, 11) is -3.56. The lowest BCUT2D eigenvalue weighted by Gasteiger charge is -2.22. The highest BCUT2D eigenvalue weighted by Gasteiger charge is 2.36. The number of rotatable bonds is 4. The van der Waals surface area contributed by atoms with Gasteiger partial charge in [0.05, 0.1) is 4.90 Å². The molecule has 1 amide bonds. The molecule has 1 fully saturated rings. The van der Waals surface area contributed by atoms with Crippen LogP contribution in [0.25, 0.3) is 0 Å². The molecule has 26 heavy (non-hydrogen) atoms. The Kier molecular flexibility index (Phi) is 5.22. The summed E-state index contributed by atoms with van der Waals surface area (Å²) >= 11 is 0. The second-order valence-corrected chi connectivity index (χ2v) is 8.03. The average molecular weight is 372 g/mol. The second-order valence-electron chi connectivity index (χ2n) is 5.92. The smallest absolute Gasteiger partial charge is 0.257 e. The number of nitrogens with one attached hydrogen (secondary N) is 1. The van der Waals surface area contributed by atoms with E-state index in [9.17, 15) is 13.2 Å². The van der Waals surface area contributed by atoms with E-state index in [0.717, 1.165) is 0 Å². The fourth-order valence-corrected chi connectivity index (χ4v) is 4.66. The first kappa shape index (κ1) is 17.9. The number of benzene rings is 2. The minimum absolute atomic E-state index is 0.131. The maximum Gasteiger partial charge on any atom is 0.257 e. The fourth-order valence-electron chi connectivity index (χ4n) is 2.86. The van der Waals surface area contributed by atoms with Crippen LogP contribution in [0.15, 0.2) is 70.7 Å². The van der Waals surface area contributed by atoms with Crippen molar-refractivity contribution in [3.63, 3.8) is 0 Å². The maximum atomic E-state index is 12.8. The zero-order valence-electron chi connectivity index (χ0n) is 14.1. The molecule has 136 valence electrons. The first-order valence-corrected chi connectivity index (χ1v) is 9.79. The Morgan fingerprint density at radius 2 is 1.69 bits per heavy atom. The van der Waals surface area contributed by atoms with Crippen molar-refractivity contribution in [2.24, 2.45) is 10.8 Å². The Balaban J connectivity index is 1.76. The topological polar surface area (TPSA) is 105 Å². The molecule has 1 atom stereocenters. The quantitative estimate of drug-likeness (QED) is 0.626. The summed E-state index contributed by atoms with van der Waals surface area (Å²) < 4.78 is 25.7. The number of hydrazone groups is 1. The van der Waals surface area contributed by atoms with E-state index < -0.39 is 21.1 Å². The Labute approximate surface area is 152 Å². The molecule has 0 bridgehead atoms. The number of guanidine groups is 1. The van der Waals surface area contributed by atoms with Crippen molar-refractivity contribution in [2.75, 3.05) is 6.54 Å². The maximum absolute atomic E-state index is 12.8. The van der Waals surface area contributed by atoms with Gasteiger partial charge in [-0.1, -0.05) is 36.4 Å². The van der Waals surface area contributed by atoms with Crippen molar-refractivity contribution in [1.82, 2.24) is 10.3 Å². The molecule has 2 aromatic carbocycles. The predicted octanol–water partition coefficient (Wildman–Crippen LogP) is 1.54. The number of hydrogen-bond donors (Lipinski definition) is 2. The number of nitrogens with zero attached hydrogens (tertiary/aromatic N) is 2. The largest absolute Gasteiger partial charge is 0.368 e. The average Bonchev–Trinajstić information content (AvgIpc) is 3.12. The lowest BCUT2D eigenvalue weighted by molar-refractivity contribution is 0.0976. The third-order valence-electron chi connectivity index (χ3n) is 4.11. The van der Waals surface area contributed by atoms with Crippen molar-refractivity contribution in [1.29, 1.82) is 0 Å². The van der Waals surface area contributed by atoms with Gasteiger partial charge in [-0.25, -0.2) is 8.42 Å². The molecule has 0 aromatic heterocycles. The highest BCUT2D eigenvalue weighted by atomic mass is 32.2. The molecule has 1 unspecified atom stereocenters. The van der Waals surface area contributed by atoms with E-state index >= 15 is 0 Å². The summed E-state index contributed by atoms with van der Waals surface area (Å²) in [6.45, 7) is 0.457. The van der Waals surface area contributed by atoms with Gasteiger partial charge >= 0.3 is 0 Å². The van der Waals surface area contributed by atoms with Crippen LogP contribution in [0, 0.1) is 0 Å². The summed E-state index contributed by atoms with van der Waals surface area (Å²) in [4.78, 5) is 12.4. The highest BCUT2D eigenvalue weighted by Crippen LogP contribution is 2.27. The molecular formula is C18H20N4O3S. The van der Waals surface area contributed by atoms with E-state index in [-0.39, 0.29) is 10.9 Å². The van der Waals surface area contributed by atoms with Gasteiger partial charge in [0.2, 0.25) is 15.8 Å². The van der Waals surface area contributed by atoms with Crippen LogP contribution in [-0.4, -0.2) is 37.2 Å². The number of carbonyl (C=O) groups is 1. The first-order valence-electron chi connectivity index (χ1n) is 8.24. The molecule has 1 heterocycles. The standard InChI is InChI=1S/C18H20N4O3S/c19-18(20-17(23)14-8-3-1-4-9-14)21-22-13-7-12-16(22)26(24,25)15-10-5-2-6-11-15/h1-6,8-11,16H,7,12-13H2,(H3,19,20,21,23). The van der Waals surface area contributed by atoms with Gasteiger partial charge in [0.1, 0.15) is 0 Å². The third-order valence-corrected chi connectivity index (χ3v) is 6.24. The van der Waals surface area contributed by atoms with Crippen LogP contribution in [0.5, 0.6) is 0 Å². The molecule has 1 aliphatic heterocycles. The Hall–Kier alpha value is -2.87. The van der Waals surface area contributed by atoms with E-state index in [1.807, 2.05) is 0 Å². The lowest BCUT2D eigenvalue weighted by atomic mass is 10.2. The molecule has 0 aliphatic carbocycles. The van der Waals surface area contributed by atoms with Crippen LogP contribution in [0.3, 0.4) is 0 Å². The summed E-state index contributed by atoms with van der Waals surface area (Å²) in [6, 6.07) is 16.9. The monoisotopic (exact) mass is 372 g/mol. The van der Waals surface area contributed by atoms with Crippen LogP contribution in [-0.2, 0) is 9.84 Å². The first-order chi connectivity index (χ1) is 12.5. The van der Waals surface area contributed by atoms with E-state index in [0.29, 0.717) is 24.9 Å². The Morgan fingerprint density at radius 1 is 1.08 bits per heavy atom. The van der Waals surface area contributed by atoms with Crippen LogP contribution in [0.1, 0.15) is 23.2 Å². The van der Waals surface area contributed by atoms with Crippen molar-refractivity contribution < 1.29 is 13.2 Å². The van der Waals surface area contributed by atoms with Gasteiger partial charge in [-0.2, -0.15) is 0 Å². The summed E-state index contributed by atoms with van der Waals surface area (Å²) in [5.41, 5.74) is 6.26. The van der Waals surface area contributed by atoms with E-state index in [4.69, 9.17) is 5.73 Å². The van der Waals surface area contributed by atoms with Gasteiger partial charge in [-0.3, -0.25) is 15.1 Å². The Morgan fingerprint density at radius 3 is 2.35 bits per heavy atom. The van der Waals surface area contributed by atoms with Gasteiger partial charge < -0.3 is 5.73 Å². The summed E-state index contributed by atoms with van der Waals surface area (Å²) in [6.07, 6.45) is 1.14. The van der Waals surface area contributed by atoms with Gasteiger partial charge in [0.25, 0.3) is 5.91 Å². The summed E-state index contributed by atoms with van der Waals surface area (Å²) in [5, 5.41) is 7.26. The summed E-state index contributed by atoms with van der Waals surface area (Å²) in [5.74, 6) is -0.525. The molecule has 3 rings (SSSR count). The van der Waals surface area contributed by atoms with Crippen molar-refractivity contribution in [3.8, 4) is 0 Å². The van der Waals surface area contributed by atoms with Crippen molar-refractivity contribution in [2.45, 2.75) is 23.1 Å². The van der Waals surface area contributed by atoms with Crippen molar-refractivity contribution >= 4 is 21.7 Å². The van der Waals surface area contributed by atoms with Crippen LogP contribution in [0.2, 0.25) is 0 Å². The van der Waals surface area contributed by atoms with Gasteiger partial charge in [0.15, 0.2) is 5.37 Å². The van der Waals surface area contributed by atoms with Gasteiger partial charge in [0, 0.05) is 12.1 Å². The molecule has 1 aliphatic rings. The number of carbonyl (C=O) groups excluding carboxylic acids is 1. The SMILES string of the molecule is NC(=NN1CCCC1S(=O)(=O)c1ccccc1)NC(=O)c1ccccc1. The molecule has 3 N–H and O–H groups in total. The van der Waals surface area contributed by atoms with Crippen LogP contribution >= 0.6 is 0 Å². The fraction of sp³-hybridized carbons (Fsp3) is 0.222. The van der Waals surface area contributed by atoms with E-state index in [1.54, 1.807) is 60.7 Å². The molecule has 0 radical (unpaired) electrons. The zero-order valence-corrected chi connectivity index (χ0v) is 14.9. The second kappa shape index (κ2) is 7.57. The molecule has 1 saturated heterocycles. The third kappa shape index (κ3) is 3.85. The normalized spacial score (nSPS) is 17.9. The molecule has 0 saturated carbocycles. The van der Waals surface area contributed by atoms with Crippen LogP contribution in [0.4, 0.5) is 0 Å². The predicted molar refractivity (Wildman–Crippen MR) is 98.9 cm³/mol. The highest BCUT2D eigenvalue weighted by molar-refractivity contribution is 7.92. The number of nitrogens with two attached hydrogens (primary N) is 1. The minimum atomic E-state index is -3.56.